The highest BCUT2D eigenvalue weighted by atomic mass is 16.1. The van der Waals surface area contributed by atoms with Gasteiger partial charge in [-0.3, -0.25) is 14.3 Å². The minimum absolute atomic E-state index is 0.0840. The van der Waals surface area contributed by atoms with E-state index in [9.17, 15) is 9.59 Å². The fraction of sp³-hybridized carbons (Fsp3) is 0.444. The second kappa shape index (κ2) is 7.34. The quantitative estimate of drug-likeness (QED) is 0.864. The van der Waals surface area contributed by atoms with E-state index in [4.69, 9.17) is 5.26 Å². The number of H-pyrrole nitrogens is 1. The molecule has 0 aliphatic carbocycles. The molecule has 0 radical (unpaired) electrons. The van der Waals surface area contributed by atoms with Crippen LogP contribution in [-0.2, 0) is 18.3 Å². The SMILES string of the molecule is Cc1[nH]c(=O)c(C#N)c(C)c1CCC(=O)N[C@@H](C)c1cnn(C)c1C. The number of aromatic nitrogens is 3. The molecule has 1 amide bonds. The van der Waals surface area contributed by atoms with E-state index in [0.29, 0.717) is 17.7 Å². The van der Waals surface area contributed by atoms with E-state index < -0.39 is 0 Å². The van der Waals surface area contributed by atoms with Crippen molar-refractivity contribution < 1.29 is 4.79 Å². The van der Waals surface area contributed by atoms with Crippen molar-refractivity contribution >= 4 is 5.91 Å². The molecule has 0 aliphatic rings. The van der Waals surface area contributed by atoms with Crippen LogP contribution in [-0.4, -0.2) is 20.7 Å². The Kier molecular flexibility index (Phi) is 5.42. The maximum absolute atomic E-state index is 12.3. The summed E-state index contributed by atoms with van der Waals surface area (Å²) in [5, 5.41) is 16.3. The standard InChI is InChI=1S/C18H23N5O2/c1-10-14(11(2)22-18(25)15(10)8-19)6-7-17(24)21-12(3)16-9-20-23(5)13(16)4/h9,12H,6-7H2,1-5H3,(H,21,24)(H,22,25)/t12-/m0/s1. The summed E-state index contributed by atoms with van der Waals surface area (Å²) in [5.74, 6) is -0.0840. The number of hydrogen-bond acceptors (Lipinski definition) is 4. The zero-order chi connectivity index (χ0) is 18.7. The van der Waals surface area contributed by atoms with Gasteiger partial charge in [-0.15, -0.1) is 0 Å². The second-order valence-electron chi connectivity index (χ2n) is 6.27. The molecule has 0 unspecified atom stereocenters. The van der Waals surface area contributed by atoms with Crippen molar-refractivity contribution in [3.05, 3.63) is 50.2 Å². The van der Waals surface area contributed by atoms with E-state index >= 15 is 0 Å². The molecular formula is C18H23N5O2. The van der Waals surface area contributed by atoms with Gasteiger partial charge in [0, 0.05) is 30.4 Å². The molecule has 2 rings (SSSR count). The van der Waals surface area contributed by atoms with E-state index in [1.807, 2.05) is 27.0 Å². The Morgan fingerprint density at radius 2 is 2.12 bits per heavy atom. The Bertz CT molecular complexity index is 901. The summed E-state index contributed by atoms with van der Waals surface area (Å²) in [5.41, 5.74) is 3.92. The summed E-state index contributed by atoms with van der Waals surface area (Å²) in [4.78, 5) is 26.7. The minimum atomic E-state index is -0.383. The van der Waals surface area contributed by atoms with E-state index in [1.54, 1.807) is 24.7 Å². The normalized spacial score (nSPS) is 11.8. The molecule has 2 aromatic heterocycles. The van der Waals surface area contributed by atoms with Crippen LogP contribution in [0.2, 0.25) is 0 Å². The number of pyridine rings is 1. The maximum atomic E-state index is 12.3. The number of amides is 1. The van der Waals surface area contributed by atoms with Gasteiger partial charge in [0.1, 0.15) is 11.6 Å². The van der Waals surface area contributed by atoms with Crippen LogP contribution < -0.4 is 10.9 Å². The molecule has 0 aliphatic heterocycles. The van der Waals surface area contributed by atoms with Crippen molar-refractivity contribution in [2.45, 2.75) is 46.6 Å². The molecule has 7 nitrogen and oxygen atoms in total. The Morgan fingerprint density at radius 3 is 2.68 bits per heavy atom. The fourth-order valence-corrected chi connectivity index (χ4v) is 2.99. The molecule has 2 heterocycles. The van der Waals surface area contributed by atoms with Crippen LogP contribution in [0.1, 0.15) is 53.0 Å². The molecule has 2 aromatic rings. The number of nitrogens with zero attached hydrogens (tertiary/aromatic N) is 3. The lowest BCUT2D eigenvalue weighted by molar-refractivity contribution is -0.121. The van der Waals surface area contributed by atoms with Crippen molar-refractivity contribution in [1.29, 1.82) is 5.26 Å². The van der Waals surface area contributed by atoms with E-state index in [1.165, 1.54) is 0 Å². The van der Waals surface area contributed by atoms with Crippen molar-refractivity contribution in [3.63, 3.8) is 0 Å². The maximum Gasteiger partial charge on any atom is 0.266 e. The second-order valence-corrected chi connectivity index (χ2v) is 6.27. The van der Waals surface area contributed by atoms with Crippen LogP contribution in [0.25, 0.3) is 0 Å². The first-order valence-electron chi connectivity index (χ1n) is 8.16. The summed E-state index contributed by atoms with van der Waals surface area (Å²) < 4.78 is 1.77. The number of rotatable bonds is 5. The summed E-state index contributed by atoms with van der Waals surface area (Å²) in [6.45, 7) is 7.41. The predicted molar refractivity (Wildman–Crippen MR) is 94.1 cm³/mol. The van der Waals surface area contributed by atoms with Gasteiger partial charge in [-0.2, -0.15) is 10.4 Å². The van der Waals surface area contributed by atoms with E-state index in [0.717, 1.165) is 16.8 Å². The molecule has 1 atom stereocenters. The number of hydrogen-bond donors (Lipinski definition) is 2. The molecule has 132 valence electrons. The Hall–Kier alpha value is -2.88. The van der Waals surface area contributed by atoms with E-state index in [2.05, 4.69) is 15.4 Å². The fourth-order valence-electron chi connectivity index (χ4n) is 2.99. The third-order valence-electron chi connectivity index (χ3n) is 4.64. The van der Waals surface area contributed by atoms with Crippen LogP contribution in [0.5, 0.6) is 0 Å². The van der Waals surface area contributed by atoms with Gasteiger partial charge < -0.3 is 10.3 Å². The first-order valence-corrected chi connectivity index (χ1v) is 8.16. The number of aromatic amines is 1. The zero-order valence-electron chi connectivity index (χ0n) is 15.2. The Labute approximate surface area is 146 Å². The Balaban J connectivity index is 2.07. The third-order valence-corrected chi connectivity index (χ3v) is 4.64. The molecule has 0 saturated heterocycles. The highest BCUT2D eigenvalue weighted by molar-refractivity contribution is 5.76. The molecule has 0 saturated carbocycles. The number of aryl methyl sites for hydroxylation is 2. The van der Waals surface area contributed by atoms with Crippen molar-refractivity contribution in [2.75, 3.05) is 0 Å². The van der Waals surface area contributed by atoms with Crippen molar-refractivity contribution in [3.8, 4) is 6.07 Å². The van der Waals surface area contributed by atoms with Gasteiger partial charge in [0.25, 0.3) is 5.56 Å². The topological polar surface area (TPSA) is 104 Å². The van der Waals surface area contributed by atoms with Gasteiger partial charge in [-0.1, -0.05) is 0 Å². The van der Waals surface area contributed by atoms with Gasteiger partial charge in [0.05, 0.1) is 12.2 Å². The third kappa shape index (κ3) is 3.79. The van der Waals surface area contributed by atoms with Crippen molar-refractivity contribution in [1.82, 2.24) is 20.1 Å². The van der Waals surface area contributed by atoms with Crippen LogP contribution >= 0.6 is 0 Å². The molecule has 2 N–H and O–H groups in total. The van der Waals surface area contributed by atoms with Crippen LogP contribution in [0, 0.1) is 32.1 Å². The lowest BCUT2D eigenvalue weighted by Gasteiger charge is -2.15. The summed E-state index contributed by atoms with van der Waals surface area (Å²) in [6, 6.07) is 1.80. The summed E-state index contributed by atoms with van der Waals surface area (Å²) in [6.07, 6.45) is 2.51. The molecule has 7 heteroatoms. The highest BCUT2D eigenvalue weighted by Gasteiger charge is 2.16. The molecule has 0 spiro atoms. The largest absolute Gasteiger partial charge is 0.349 e. The average molecular weight is 341 g/mol. The number of nitrogens with one attached hydrogen (secondary N) is 2. The van der Waals surface area contributed by atoms with Crippen LogP contribution in [0.4, 0.5) is 0 Å². The number of carbonyl (C=O) groups is 1. The lowest BCUT2D eigenvalue weighted by Crippen LogP contribution is -2.27. The number of carbonyl (C=O) groups excluding carboxylic acids is 1. The lowest BCUT2D eigenvalue weighted by atomic mass is 9.99. The predicted octanol–water partition coefficient (Wildman–Crippen LogP) is 1.72. The molecule has 25 heavy (non-hydrogen) atoms. The van der Waals surface area contributed by atoms with Gasteiger partial charge >= 0.3 is 0 Å². The smallest absolute Gasteiger partial charge is 0.266 e. The first-order chi connectivity index (χ1) is 11.8. The van der Waals surface area contributed by atoms with Gasteiger partial charge in [-0.25, -0.2) is 0 Å². The first kappa shape index (κ1) is 18.5. The highest BCUT2D eigenvalue weighted by Crippen LogP contribution is 2.18. The Morgan fingerprint density at radius 1 is 1.44 bits per heavy atom. The number of nitriles is 1. The summed E-state index contributed by atoms with van der Waals surface area (Å²) >= 11 is 0. The average Bonchev–Trinajstić information content (AvgIpc) is 2.86. The molecule has 0 aromatic carbocycles. The van der Waals surface area contributed by atoms with E-state index in [-0.39, 0.29) is 29.5 Å². The summed E-state index contributed by atoms with van der Waals surface area (Å²) in [7, 11) is 1.86. The zero-order valence-corrected chi connectivity index (χ0v) is 15.2. The van der Waals surface area contributed by atoms with Crippen molar-refractivity contribution in [2.24, 2.45) is 7.05 Å². The van der Waals surface area contributed by atoms with Gasteiger partial charge in [0.15, 0.2) is 0 Å². The monoisotopic (exact) mass is 341 g/mol. The molecule has 0 bridgehead atoms. The molecule has 0 fully saturated rings. The minimum Gasteiger partial charge on any atom is -0.349 e. The van der Waals surface area contributed by atoms with Crippen LogP contribution in [0.3, 0.4) is 0 Å². The van der Waals surface area contributed by atoms with Crippen LogP contribution in [0.15, 0.2) is 11.0 Å². The molecular weight excluding hydrogens is 318 g/mol. The van der Waals surface area contributed by atoms with Gasteiger partial charge in [-0.05, 0) is 45.2 Å². The van der Waals surface area contributed by atoms with Gasteiger partial charge in [0.2, 0.25) is 5.91 Å².